The summed E-state index contributed by atoms with van der Waals surface area (Å²) in [5.41, 5.74) is 4.35. The SMILES string of the molecule is Cc1ccc(-n2ncc3c4c(c5cccn5c32)C(=O)NC4=O)cc1. The summed E-state index contributed by atoms with van der Waals surface area (Å²) in [6.45, 7) is 2.03. The molecule has 0 atom stereocenters. The molecule has 6 heteroatoms. The Balaban J connectivity index is 1.96. The number of rotatable bonds is 1. The van der Waals surface area contributed by atoms with Gasteiger partial charge >= 0.3 is 0 Å². The van der Waals surface area contributed by atoms with Gasteiger partial charge in [-0.15, -0.1) is 0 Å². The fraction of sp³-hybridized carbons (Fsp3) is 0.0556. The summed E-state index contributed by atoms with van der Waals surface area (Å²) in [5.74, 6) is -0.726. The van der Waals surface area contributed by atoms with Crippen molar-refractivity contribution in [1.29, 1.82) is 0 Å². The molecule has 3 aromatic heterocycles. The van der Waals surface area contributed by atoms with Crippen LogP contribution in [0.2, 0.25) is 0 Å². The molecular weight excluding hydrogens is 304 g/mol. The second-order valence-electron chi connectivity index (χ2n) is 5.93. The highest BCUT2D eigenvalue weighted by molar-refractivity contribution is 6.29. The molecule has 0 fully saturated rings. The minimum Gasteiger partial charge on any atom is -0.300 e. The number of benzene rings is 1. The third kappa shape index (κ3) is 1.52. The van der Waals surface area contributed by atoms with E-state index >= 15 is 0 Å². The fourth-order valence-corrected chi connectivity index (χ4v) is 3.35. The molecular formula is C18H12N4O2. The first-order valence-corrected chi connectivity index (χ1v) is 7.58. The Morgan fingerprint density at radius 2 is 1.75 bits per heavy atom. The number of imide groups is 1. The number of nitrogens with zero attached hydrogens (tertiary/aromatic N) is 3. The lowest BCUT2D eigenvalue weighted by Gasteiger charge is -2.08. The Bertz CT molecular complexity index is 1170. The summed E-state index contributed by atoms with van der Waals surface area (Å²) in [7, 11) is 0. The third-order valence-electron chi connectivity index (χ3n) is 4.46. The Morgan fingerprint density at radius 3 is 2.54 bits per heavy atom. The van der Waals surface area contributed by atoms with E-state index in [-0.39, 0.29) is 11.8 Å². The molecule has 5 rings (SSSR count). The van der Waals surface area contributed by atoms with Gasteiger partial charge in [0.05, 0.1) is 33.9 Å². The molecule has 0 spiro atoms. The quantitative estimate of drug-likeness (QED) is 0.549. The topological polar surface area (TPSA) is 68.4 Å². The Morgan fingerprint density at radius 1 is 1.00 bits per heavy atom. The molecule has 4 aromatic rings. The minimum absolute atomic E-state index is 0.358. The maximum Gasteiger partial charge on any atom is 0.261 e. The van der Waals surface area contributed by atoms with E-state index in [1.54, 1.807) is 10.9 Å². The molecule has 6 nitrogen and oxygen atoms in total. The molecule has 0 bridgehead atoms. The first kappa shape index (κ1) is 13.1. The van der Waals surface area contributed by atoms with Crippen LogP contribution >= 0.6 is 0 Å². The smallest absolute Gasteiger partial charge is 0.261 e. The Kier molecular flexibility index (Phi) is 2.35. The molecule has 24 heavy (non-hydrogen) atoms. The molecule has 1 aliphatic rings. The van der Waals surface area contributed by atoms with E-state index in [0.29, 0.717) is 22.0 Å². The van der Waals surface area contributed by atoms with Crippen LogP contribution in [-0.2, 0) is 0 Å². The fourth-order valence-electron chi connectivity index (χ4n) is 3.35. The van der Waals surface area contributed by atoms with Crippen LogP contribution in [-0.4, -0.2) is 26.0 Å². The van der Waals surface area contributed by atoms with E-state index in [0.717, 1.165) is 16.9 Å². The van der Waals surface area contributed by atoms with Crippen molar-refractivity contribution < 1.29 is 9.59 Å². The van der Waals surface area contributed by atoms with Gasteiger partial charge in [0.1, 0.15) is 5.65 Å². The summed E-state index contributed by atoms with van der Waals surface area (Å²) < 4.78 is 3.69. The van der Waals surface area contributed by atoms with Gasteiger partial charge in [-0.05, 0) is 31.2 Å². The lowest BCUT2D eigenvalue weighted by Crippen LogP contribution is -2.20. The zero-order chi connectivity index (χ0) is 16.4. The third-order valence-corrected chi connectivity index (χ3v) is 4.46. The first-order valence-electron chi connectivity index (χ1n) is 7.58. The van der Waals surface area contributed by atoms with Gasteiger partial charge in [-0.1, -0.05) is 17.7 Å². The average molecular weight is 316 g/mol. The molecule has 0 radical (unpaired) electrons. The van der Waals surface area contributed by atoms with Crippen LogP contribution in [0, 0.1) is 6.92 Å². The zero-order valence-corrected chi connectivity index (χ0v) is 12.8. The van der Waals surface area contributed by atoms with Crippen molar-refractivity contribution >= 4 is 28.4 Å². The van der Waals surface area contributed by atoms with E-state index in [2.05, 4.69) is 10.4 Å². The highest BCUT2D eigenvalue weighted by Crippen LogP contribution is 2.31. The maximum absolute atomic E-state index is 12.3. The van der Waals surface area contributed by atoms with Crippen molar-refractivity contribution in [1.82, 2.24) is 19.5 Å². The molecule has 0 saturated carbocycles. The zero-order valence-electron chi connectivity index (χ0n) is 12.8. The Hall–Kier alpha value is -3.41. The van der Waals surface area contributed by atoms with Crippen molar-refractivity contribution in [3.8, 4) is 5.69 Å². The van der Waals surface area contributed by atoms with Gasteiger partial charge in [0.25, 0.3) is 11.8 Å². The van der Waals surface area contributed by atoms with Crippen LogP contribution in [0.1, 0.15) is 26.3 Å². The number of aromatic nitrogens is 3. The lowest BCUT2D eigenvalue weighted by atomic mass is 10.1. The number of hydrogen-bond acceptors (Lipinski definition) is 3. The molecule has 116 valence electrons. The Labute approximate surface area is 136 Å². The predicted octanol–water partition coefficient (Wildman–Crippen LogP) is 2.47. The van der Waals surface area contributed by atoms with E-state index in [1.807, 2.05) is 53.9 Å². The van der Waals surface area contributed by atoms with Crippen LogP contribution in [0.5, 0.6) is 0 Å². The van der Waals surface area contributed by atoms with Crippen LogP contribution in [0.3, 0.4) is 0 Å². The van der Waals surface area contributed by atoms with E-state index < -0.39 is 0 Å². The second kappa shape index (κ2) is 4.32. The van der Waals surface area contributed by atoms with E-state index in [1.165, 1.54) is 0 Å². The summed E-state index contributed by atoms with van der Waals surface area (Å²) in [5, 5.41) is 7.52. The molecule has 0 saturated heterocycles. The van der Waals surface area contributed by atoms with Crippen LogP contribution in [0.25, 0.3) is 22.2 Å². The molecule has 1 N–H and O–H groups in total. The van der Waals surface area contributed by atoms with Crippen LogP contribution in [0.15, 0.2) is 48.8 Å². The van der Waals surface area contributed by atoms with E-state index in [9.17, 15) is 9.59 Å². The number of pyridine rings is 1. The predicted molar refractivity (Wildman–Crippen MR) is 88.6 cm³/mol. The summed E-state index contributed by atoms with van der Waals surface area (Å²) >= 11 is 0. The number of aryl methyl sites for hydroxylation is 1. The molecule has 2 amide bonds. The highest BCUT2D eigenvalue weighted by Gasteiger charge is 2.33. The standard InChI is InChI=1S/C18H12N4O2/c1-10-4-6-11(7-5-10)22-18-12(9-19-22)14-15(17(24)20-16(14)23)13-3-2-8-21(13)18/h2-9H,1H3,(H,20,23,24). The van der Waals surface area contributed by atoms with Gasteiger partial charge in [0, 0.05) is 6.20 Å². The van der Waals surface area contributed by atoms with Crippen LogP contribution < -0.4 is 5.32 Å². The molecule has 0 aliphatic carbocycles. The van der Waals surface area contributed by atoms with Crippen molar-refractivity contribution in [2.24, 2.45) is 0 Å². The summed E-state index contributed by atoms with van der Waals surface area (Å²) in [4.78, 5) is 24.4. The summed E-state index contributed by atoms with van der Waals surface area (Å²) in [6.07, 6.45) is 3.52. The van der Waals surface area contributed by atoms with E-state index in [4.69, 9.17) is 0 Å². The van der Waals surface area contributed by atoms with Crippen LogP contribution in [0.4, 0.5) is 0 Å². The van der Waals surface area contributed by atoms with Crippen molar-refractivity contribution in [2.75, 3.05) is 0 Å². The van der Waals surface area contributed by atoms with Gasteiger partial charge in [-0.2, -0.15) is 5.10 Å². The van der Waals surface area contributed by atoms with Gasteiger partial charge < -0.3 is 4.40 Å². The lowest BCUT2D eigenvalue weighted by molar-refractivity contribution is 0.0880. The van der Waals surface area contributed by atoms with Gasteiger partial charge in [-0.3, -0.25) is 14.9 Å². The largest absolute Gasteiger partial charge is 0.300 e. The van der Waals surface area contributed by atoms with Crippen molar-refractivity contribution in [3.05, 3.63) is 65.5 Å². The van der Waals surface area contributed by atoms with Crippen molar-refractivity contribution in [3.63, 3.8) is 0 Å². The monoisotopic (exact) mass is 316 g/mol. The summed E-state index contributed by atoms with van der Waals surface area (Å²) in [6, 6.07) is 11.7. The molecule has 0 unspecified atom stereocenters. The maximum atomic E-state index is 12.3. The number of amides is 2. The van der Waals surface area contributed by atoms with Gasteiger partial charge in [-0.25, -0.2) is 4.68 Å². The number of fused-ring (bicyclic) bond motifs is 6. The normalized spacial score (nSPS) is 13.7. The minimum atomic E-state index is -0.368. The first-order chi connectivity index (χ1) is 11.6. The number of nitrogens with one attached hydrogen (secondary N) is 1. The van der Waals surface area contributed by atoms with Crippen molar-refractivity contribution in [2.45, 2.75) is 6.92 Å². The highest BCUT2D eigenvalue weighted by atomic mass is 16.2. The average Bonchev–Trinajstić information content (AvgIpc) is 3.25. The number of hydrogen-bond donors (Lipinski definition) is 1. The molecule has 1 aliphatic heterocycles. The van der Waals surface area contributed by atoms with Gasteiger partial charge in [0.15, 0.2) is 0 Å². The molecule has 1 aromatic carbocycles. The number of carbonyl (C=O) groups is 2. The second-order valence-corrected chi connectivity index (χ2v) is 5.93. The molecule has 4 heterocycles. The number of carbonyl (C=O) groups excluding carboxylic acids is 2. The van der Waals surface area contributed by atoms with Gasteiger partial charge in [0.2, 0.25) is 0 Å².